The Morgan fingerprint density at radius 3 is 2.50 bits per heavy atom. The van der Waals surface area contributed by atoms with Crippen LogP contribution in [-0.2, 0) is 4.79 Å². The molecule has 4 nitrogen and oxygen atoms in total. The van der Waals surface area contributed by atoms with Gasteiger partial charge in [-0.2, -0.15) is 0 Å². The number of carboxylic acid groups (broad SMARTS) is 1. The van der Waals surface area contributed by atoms with Crippen LogP contribution in [0.4, 0.5) is 0 Å². The van der Waals surface area contributed by atoms with Crippen molar-refractivity contribution in [2.45, 2.75) is 44.6 Å². The number of carboxylic acids is 1. The van der Waals surface area contributed by atoms with Gasteiger partial charge in [0.15, 0.2) is 0 Å². The van der Waals surface area contributed by atoms with E-state index in [1.165, 1.54) is 32.4 Å². The molecular weight excluding hydrogens is 228 g/mol. The number of rotatable bonds is 3. The maximum Gasteiger partial charge on any atom is 0.303 e. The van der Waals surface area contributed by atoms with Gasteiger partial charge in [0.05, 0.1) is 0 Å². The van der Waals surface area contributed by atoms with Crippen molar-refractivity contribution in [2.24, 2.45) is 5.92 Å². The smallest absolute Gasteiger partial charge is 0.303 e. The molecule has 2 saturated heterocycles. The van der Waals surface area contributed by atoms with Crippen molar-refractivity contribution >= 4 is 5.97 Å². The van der Waals surface area contributed by atoms with Crippen molar-refractivity contribution in [3.8, 4) is 0 Å². The summed E-state index contributed by atoms with van der Waals surface area (Å²) >= 11 is 0. The third kappa shape index (κ3) is 3.95. The second kappa shape index (κ2) is 6.53. The van der Waals surface area contributed by atoms with Crippen molar-refractivity contribution in [2.75, 3.05) is 33.2 Å². The van der Waals surface area contributed by atoms with Gasteiger partial charge in [0, 0.05) is 12.5 Å². The third-order valence-electron chi connectivity index (χ3n) is 4.55. The minimum absolute atomic E-state index is 0.362. The lowest BCUT2D eigenvalue weighted by Gasteiger charge is -2.37. The van der Waals surface area contributed by atoms with Crippen LogP contribution in [0.3, 0.4) is 0 Å². The maximum atomic E-state index is 10.7. The van der Waals surface area contributed by atoms with Crippen molar-refractivity contribution < 1.29 is 9.90 Å². The largest absolute Gasteiger partial charge is 0.481 e. The van der Waals surface area contributed by atoms with Crippen LogP contribution in [0, 0.1) is 5.92 Å². The van der Waals surface area contributed by atoms with Crippen molar-refractivity contribution in [1.82, 2.24) is 9.80 Å². The summed E-state index contributed by atoms with van der Waals surface area (Å²) in [5.74, 6) is -0.225. The van der Waals surface area contributed by atoms with Crippen LogP contribution in [0.25, 0.3) is 0 Å². The van der Waals surface area contributed by atoms with E-state index in [-0.39, 0.29) is 0 Å². The summed E-state index contributed by atoms with van der Waals surface area (Å²) in [6.45, 7) is 4.64. The average Bonchev–Trinajstić information content (AvgIpc) is 2.54. The van der Waals surface area contributed by atoms with E-state index in [0.717, 1.165) is 32.0 Å². The summed E-state index contributed by atoms with van der Waals surface area (Å²) in [6, 6.07) is 0.737. The first-order valence-electron chi connectivity index (χ1n) is 7.29. The van der Waals surface area contributed by atoms with E-state index < -0.39 is 5.97 Å². The topological polar surface area (TPSA) is 43.8 Å². The monoisotopic (exact) mass is 254 g/mol. The number of hydrogen-bond donors (Lipinski definition) is 1. The lowest BCUT2D eigenvalue weighted by Crippen LogP contribution is -2.42. The van der Waals surface area contributed by atoms with E-state index in [1.807, 2.05) is 0 Å². The van der Waals surface area contributed by atoms with Gasteiger partial charge in [-0.15, -0.1) is 0 Å². The van der Waals surface area contributed by atoms with E-state index in [4.69, 9.17) is 5.11 Å². The highest BCUT2D eigenvalue weighted by molar-refractivity contribution is 5.67. The van der Waals surface area contributed by atoms with Gasteiger partial charge in [-0.1, -0.05) is 0 Å². The van der Waals surface area contributed by atoms with Gasteiger partial charge < -0.3 is 14.9 Å². The molecule has 1 N–H and O–H groups in total. The average molecular weight is 254 g/mol. The highest BCUT2D eigenvalue weighted by Gasteiger charge is 2.27. The lowest BCUT2D eigenvalue weighted by atomic mass is 9.92. The van der Waals surface area contributed by atoms with Crippen LogP contribution in [0.1, 0.15) is 38.5 Å². The quantitative estimate of drug-likeness (QED) is 0.832. The molecule has 104 valence electrons. The van der Waals surface area contributed by atoms with E-state index in [1.54, 1.807) is 0 Å². The predicted octanol–water partition coefficient (Wildman–Crippen LogP) is 1.66. The molecule has 0 aromatic heterocycles. The summed E-state index contributed by atoms with van der Waals surface area (Å²) in [5.41, 5.74) is 0. The molecule has 1 atom stereocenters. The Kier molecular flexibility index (Phi) is 5.01. The number of carbonyl (C=O) groups is 1. The van der Waals surface area contributed by atoms with Gasteiger partial charge in [0.25, 0.3) is 0 Å². The number of nitrogens with zero attached hydrogens (tertiary/aromatic N) is 2. The normalized spacial score (nSPS) is 29.1. The highest BCUT2D eigenvalue weighted by atomic mass is 16.4. The molecule has 0 aromatic carbocycles. The minimum Gasteiger partial charge on any atom is -0.481 e. The van der Waals surface area contributed by atoms with Crippen molar-refractivity contribution in [3.05, 3.63) is 0 Å². The second-order valence-electron chi connectivity index (χ2n) is 5.97. The summed E-state index contributed by atoms with van der Waals surface area (Å²) in [5, 5.41) is 8.83. The minimum atomic E-state index is -0.635. The lowest BCUT2D eigenvalue weighted by molar-refractivity contribution is -0.138. The van der Waals surface area contributed by atoms with Crippen LogP contribution >= 0.6 is 0 Å². The van der Waals surface area contributed by atoms with Gasteiger partial charge >= 0.3 is 5.97 Å². The van der Waals surface area contributed by atoms with Gasteiger partial charge in [-0.3, -0.25) is 4.79 Å². The number of hydrogen-bond acceptors (Lipinski definition) is 3. The highest BCUT2D eigenvalue weighted by Crippen LogP contribution is 2.25. The number of piperidine rings is 1. The van der Waals surface area contributed by atoms with Crippen LogP contribution in [0.2, 0.25) is 0 Å². The molecule has 18 heavy (non-hydrogen) atoms. The van der Waals surface area contributed by atoms with E-state index in [2.05, 4.69) is 16.8 Å². The summed E-state index contributed by atoms with van der Waals surface area (Å²) in [4.78, 5) is 15.7. The molecule has 4 heteroatoms. The Labute approximate surface area is 110 Å². The second-order valence-corrected chi connectivity index (χ2v) is 5.97. The zero-order valence-electron chi connectivity index (χ0n) is 11.5. The fourth-order valence-corrected chi connectivity index (χ4v) is 3.36. The Bertz CT molecular complexity index is 275. The van der Waals surface area contributed by atoms with Crippen LogP contribution in [0.5, 0.6) is 0 Å². The van der Waals surface area contributed by atoms with Crippen molar-refractivity contribution in [1.29, 1.82) is 0 Å². The number of likely N-dealkylation sites (tertiary alicyclic amines) is 2. The molecule has 2 aliphatic rings. The Hall–Kier alpha value is -0.610. The SMILES string of the molecule is CN1CCCC(N2CCC(CC(=O)O)CC2)CC1. The first-order valence-corrected chi connectivity index (χ1v) is 7.29. The molecule has 0 saturated carbocycles. The van der Waals surface area contributed by atoms with Crippen LogP contribution in [0.15, 0.2) is 0 Å². The van der Waals surface area contributed by atoms with E-state index in [0.29, 0.717) is 12.3 Å². The zero-order valence-corrected chi connectivity index (χ0v) is 11.5. The van der Waals surface area contributed by atoms with E-state index in [9.17, 15) is 4.79 Å². The maximum absolute atomic E-state index is 10.7. The van der Waals surface area contributed by atoms with Gasteiger partial charge in [-0.25, -0.2) is 0 Å². The Morgan fingerprint density at radius 2 is 1.83 bits per heavy atom. The summed E-state index contributed by atoms with van der Waals surface area (Å²) < 4.78 is 0. The Balaban J connectivity index is 1.76. The molecule has 0 radical (unpaired) electrons. The summed E-state index contributed by atoms with van der Waals surface area (Å²) in [6.07, 6.45) is 6.39. The molecule has 2 rings (SSSR count). The van der Waals surface area contributed by atoms with Crippen LogP contribution in [-0.4, -0.2) is 60.1 Å². The Morgan fingerprint density at radius 1 is 1.11 bits per heavy atom. The summed E-state index contributed by atoms with van der Waals surface area (Å²) in [7, 11) is 2.21. The third-order valence-corrected chi connectivity index (χ3v) is 4.55. The first-order chi connectivity index (χ1) is 8.65. The molecule has 2 fully saturated rings. The van der Waals surface area contributed by atoms with Crippen molar-refractivity contribution in [3.63, 3.8) is 0 Å². The number of aliphatic carboxylic acids is 1. The molecule has 1 unspecified atom stereocenters. The predicted molar refractivity (Wildman–Crippen MR) is 71.7 cm³/mol. The van der Waals surface area contributed by atoms with Crippen LogP contribution < -0.4 is 0 Å². The molecular formula is C14H26N2O2. The van der Waals surface area contributed by atoms with Gasteiger partial charge in [0.1, 0.15) is 0 Å². The fourth-order valence-electron chi connectivity index (χ4n) is 3.36. The molecule has 2 aliphatic heterocycles. The van der Waals surface area contributed by atoms with E-state index >= 15 is 0 Å². The molecule has 0 spiro atoms. The fraction of sp³-hybridized carbons (Fsp3) is 0.929. The molecule has 0 amide bonds. The zero-order chi connectivity index (χ0) is 13.0. The molecule has 0 bridgehead atoms. The van der Waals surface area contributed by atoms with Gasteiger partial charge in [0.2, 0.25) is 0 Å². The molecule has 2 heterocycles. The standard InChI is InChI=1S/C14H26N2O2/c1-15-7-2-3-13(6-8-15)16-9-4-12(5-10-16)11-14(17)18/h12-13H,2-11H2,1H3,(H,17,18). The molecule has 0 aromatic rings. The first kappa shape index (κ1) is 13.8. The van der Waals surface area contributed by atoms with Gasteiger partial charge in [-0.05, 0) is 71.2 Å². The molecule has 0 aliphatic carbocycles.